The first kappa shape index (κ1) is 21.1. The highest BCUT2D eigenvalue weighted by molar-refractivity contribution is 5.98. The van der Waals surface area contributed by atoms with Crippen molar-refractivity contribution in [1.29, 1.82) is 0 Å². The van der Waals surface area contributed by atoms with Crippen LogP contribution >= 0.6 is 0 Å². The molecule has 5 heteroatoms. The van der Waals surface area contributed by atoms with E-state index in [1.165, 1.54) is 0 Å². The molecule has 0 spiro atoms. The van der Waals surface area contributed by atoms with Gasteiger partial charge in [0.15, 0.2) is 0 Å². The molecule has 1 aliphatic carbocycles. The number of amides is 1. The minimum absolute atomic E-state index is 0.219. The highest BCUT2D eigenvalue weighted by Gasteiger charge is 2.42. The van der Waals surface area contributed by atoms with Gasteiger partial charge in [-0.1, -0.05) is 61.7 Å². The molecule has 0 saturated heterocycles. The predicted octanol–water partition coefficient (Wildman–Crippen LogP) is 3.92. The van der Waals surface area contributed by atoms with Crippen molar-refractivity contribution in [3.05, 3.63) is 71.3 Å². The molecule has 5 nitrogen and oxygen atoms in total. The summed E-state index contributed by atoms with van der Waals surface area (Å²) in [5.41, 5.74) is 1.70. The monoisotopic (exact) mass is 394 g/mol. The van der Waals surface area contributed by atoms with Gasteiger partial charge in [0, 0.05) is 12.1 Å². The third-order valence-corrected chi connectivity index (χ3v) is 5.38. The van der Waals surface area contributed by atoms with Crippen molar-refractivity contribution < 1.29 is 14.3 Å². The number of nitrogens with one attached hydrogen (secondary N) is 1. The molecular formula is C24H30N2O3. The van der Waals surface area contributed by atoms with Crippen LogP contribution in [0.3, 0.4) is 0 Å². The zero-order valence-electron chi connectivity index (χ0n) is 17.3. The van der Waals surface area contributed by atoms with Gasteiger partial charge in [0.05, 0.1) is 0 Å². The Hall–Kier alpha value is -2.66. The van der Waals surface area contributed by atoms with E-state index in [0.29, 0.717) is 18.4 Å². The van der Waals surface area contributed by atoms with Crippen molar-refractivity contribution in [3.63, 3.8) is 0 Å². The maximum Gasteiger partial charge on any atom is 0.332 e. The van der Waals surface area contributed by atoms with Gasteiger partial charge in [0.25, 0.3) is 5.91 Å². The molecule has 2 aromatic rings. The molecule has 0 aliphatic heterocycles. The quantitative estimate of drug-likeness (QED) is 0.723. The molecule has 1 amide bonds. The van der Waals surface area contributed by atoms with E-state index < -0.39 is 5.54 Å². The number of carbonyl (C=O) groups is 2. The summed E-state index contributed by atoms with van der Waals surface area (Å²) in [6.45, 7) is 1.04. The molecule has 1 N–H and O–H groups in total. The molecule has 1 saturated carbocycles. The van der Waals surface area contributed by atoms with Crippen LogP contribution in [0.5, 0.6) is 0 Å². The normalized spacial score (nSPS) is 15.7. The number of carbonyl (C=O) groups excluding carboxylic acids is 2. The first-order valence-electron chi connectivity index (χ1n) is 10.3. The van der Waals surface area contributed by atoms with Crippen LogP contribution < -0.4 is 5.32 Å². The van der Waals surface area contributed by atoms with E-state index in [1.807, 2.05) is 68.7 Å². The highest BCUT2D eigenvalue weighted by Crippen LogP contribution is 2.30. The Balaban J connectivity index is 1.69. The van der Waals surface area contributed by atoms with E-state index in [-0.39, 0.29) is 18.5 Å². The van der Waals surface area contributed by atoms with E-state index in [1.54, 1.807) is 0 Å². The summed E-state index contributed by atoms with van der Waals surface area (Å²) in [6, 6.07) is 17.2. The Morgan fingerprint density at radius 1 is 0.931 bits per heavy atom. The summed E-state index contributed by atoms with van der Waals surface area (Å²) in [5, 5.41) is 3.02. The largest absolute Gasteiger partial charge is 0.459 e. The van der Waals surface area contributed by atoms with Crippen molar-refractivity contribution in [1.82, 2.24) is 10.2 Å². The summed E-state index contributed by atoms with van der Waals surface area (Å²) in [5.74, 6) is -0.557. The maximum atomic E-state index is 13.0. The van der Waals surface area contributed by atoms with E-state index >= 15 is 0 Å². The zero-order valence-corrected chi connectivity index (χ0v) is 17.3. The van der Waals surface area contributed by atoms with Crippen LogP contribution in [0.25, 0.3) is 0 Å². The predicted molar refractivity (Wildman–Crippen MR) is 113 cm³/mol. The van der Waals surface area contributed by atoms with Crippen LogP contribution in [0.4, 0.5) is 0 Å². The van der Waals surface area contributed by atoms with Crippen LogP contribution in [-0.4, -0.2) is 36.4 Å². The van der Waals surface area contributed by atoms with Gasteiger partial charge in [-0.2, -0.15) is 0 Å². The topological polar surface area (TPSA) is 58.6 Å². The lowest BCUT2D eigenvalue weighted by Gasteiger charge is -2.35. The molecule has 1 fully saturated rings. The Kier molecular flexibility index (Phi) is 7.04. The molecular weight excluding hydrogens is 364 g/mol. The average Bonchev–Trinajstić information content (AvgIpc) is 2.73. The van der Waals surface area contributed by atoms with Crippen molar-refractivity contribution >= 4 is 11.9 Å². The minimum atomic E-state index is -0.938. The Bertz CT molecular complexity index is 810. The Morgan fingerprint density at radius 2 is 1.59 bits per heavy atom. The van der Waals surface area contributed by atoms with Gasteiger partial charge >= 0.3 is 5.97 Å². The van der Waals surface area contributed by atoms with E-state index in [0.717, 1.165) is 36.9 Å². The summed E-state index contributed by atoms with van der Waals surface area (Å²) < 4.78 is 5.61. The van der Waals surface area contributed by atoms with Gasteiger partial charge in [-0.25, -0.2) is 4.79 Å². The third kappa shape index (κ3) is 5.67. The van der Waals surface area contributed by atoms with E-state index in [4.69, 9.17) is 4.74 Å². The fraction of sp³-hybridized carbons (Fsp3) is 0.417. The first-order valence-corrected chi connectivity index (χ1v) is 10.3. The van der Waals surface area contributed by atoms with Crippen molar-refractivity contribution in [3.8, 4) is 0 Å². The number of hydrogen-bond donors (Lipinski definition) is 1. The summed E-state index contributed by atoms with van der Waals surface area (Å²) in [7, 11) is 4.02. The minimum Gasteiger partial charge on any atom is -0.459 e. The molecule has 0 radical (unpaired) electrons. The fourth-order valence-electron chi connectivity index (χ4n) is 3.81. The third-order valence-electron chi connectivity index (χ3n) is 5.38. The second kappa shape index (κ2) is 9.70. The molecule has 0 bridgehead atoms. The van der Waals surface area contributed by atoms with Gasteiger partial charge < -0.3 is 15.0 Å². The van der Waals surface area contributed by atoms with Crippen LogP contribution in [0.1, 0.15) is 53.6 Å². The molecule has 2 aromatic carbocycles. The number of hydrogen-bond acceptors (Lipinski definition) is 4. The van der Waals surface area contributed by atoms with Crippen LogP contribution in [0.2, 0.25) is 0 Å². The molecule has 0 aromatic heterocycles. The van der Waals surface area contributed by atoms with Gasteiger partial charge in [0.1, 0.15) is 12.1 Å². The second-order valence-corrected chi connectivity index (χ2v) is 8.09. The number of benzene rings is 2. The van der Waals surface area contributed by atoms with Crippen molar-refractivity contribution in [2.45, 2.75) is 50.8 Å². The SMILES string of the molecule is CN(C)Cc1ccc(C(=O)NC2(C(=O)OCc3ccccc3)CCCCC2)cc1. The van der Waals surface area contributed by atoms with Crippen molar-refractivity contribution in [2.75, 3.05) is 14.1 Å². The second-order valence-electron chi connectivity index (χ2n) is 8.09. The maximum absolute atomic E-state index is 13.0. The van der Waals surface area contributed by atoms with E-state index in [9.17, 15) is 9.59 Å². The smallest absolute Gasteiger partial charge is 0.332 e. The Morgan fingerprint density at radius 3 is 2.21 bits per heavy atom. The summed E-state index contributed by atoms with van der Waals surface area (Å²) >= 11 is 0. The number of ether oxygens (including phenoxy) is 1. The lowest BCUT2D eigenvalue weighted by atomic mass is 9.81. The molecule has 0 heterocycles. The Labute approximate surface area is 173 Å². The molecule has 154 valence electrons. The molecule has 1 aliphatic rings. The van der Waals surface area contributed by atoms with Gasteiger partial charge in [-0.05, 0) is 50.2 Å². The molecule has 29 heavy (non-hydrogen) atoms. The summed E-state index contributed by atoms with van der Waals surface area (Å²) in [6.07, 6.45) is 4.12. The van der Waals surface area contributed by atoms with Crippen LogP contribution in [0, 0.1) is 0 Å². The summed E-state index contributed by atoms with van der Waals surface area (Å²) in [4.78, 5) is 28.0. The zero-order chi connectivity index (χ0) is 20.7. The molecule has 0 unspecified atom stereocenters. The van der Waals surface area contributed by atoms with Crippen LogP contribution in [0.15, 0.2) is 54.6 Å². The first-order chi connectivity index (χ1) is 14.0. The van der Waals surface area contributed by atoms with E-state index in [2.05, 4.69) is 10.2 Å². The average molecular weight is 395 g/mol. The molecule has 0 atom stereocenters. The number of rotatable bonds is 7. The number of esters is 1. The van der Waals surface area contributed by atoms with Gasteiger partial charge in [0.2, 0.25) is 0 Å². The fourth-order valence-corrected chi connectivity index (χ4v) is 3.81. The standard InChI is InChI=1S/C24H30N2O3/c1-26(2)17-19-11-13-21(14-12-19)22(27)25-24(15-7-4-8-16-24)23(28)29-18-20-9-5-3-6-10-20/h3,5-6,9-14H,4,7-8,15-18H2,1-2H3,(H,25,27). The van der Waals surface area contributed by atoms with Crippen molar-refractivity contribution in [2.24, 2.45) is 0 Å². The van der Waals surface area contributed by atoms with Gasteiger partial charge in [-0.15, -0.1) is 0 Å². The highest BCUT2D eigenvalue weighted by atomic mass is 16.5. The number of nitrogens with zero attached hydrogens (tertiary/aromatic N) is 1. The van der Waals surface area contributed by atoms with Gasteiger partial charge in [-0.3, -0.25) is 4.79 Å². The van der Waals surface area contributed by atoms with Crippen LogP contribution in [-0.2, 0) is 22.7 Å². The lowest BCUT2D eigenvalue weighted by Crippen LogP contribution is -2.56. The lowest BCUT2D eigenvalue weighted by molar-refractivity contribution is -0.154. The molecule has 3 rings (SSSR count).